The first-order valence-electron chi connectivity index (χ1n) is 8.45. The molecular weight excluding hydrogens is 336 g/mol. The summed E-state index contributed by atoms with van der Waals surface area (Å²) in [5, 5.41) is 6.92. The van der Waals surface area contributed by atoms with Gasteiger partial charge >= 0.3 is 0 Å². The zero-order valence-corrected chi connectivity index (χ0v) is 14.8. The number of aromatic nitrogens is 3. The maximum Gasteiger partial charge on any atom is 0.275 e. The van der Waals surface area contributed by atoms with Gasteiger partial charge in [0.05, 0.1) is 5.02 Å². The zero-order valence-electron chi connectivity index (χ0n) is 14.0. The Morgan fingerprint density at radius 1 is 1.28 bits per heavy atom. The van der Waals surface area contributed by atoms with Crippen LogP contribution in [-0.4, -0.2) is 38.7 Å². The summed E-state index contributed by atoms with van der Waals surface area (Å²) < 4.78 is 1.57. The van der Waals surface area contributed by atoms with Gasteiger partial charge in [-0.2, -0.15) is 5.10 Å². The monoisotopic (exact) mass is 354 g/mol. The van der Waals surface area contributed by atoms with Crippen LogP contribution in [0.3, 0.4) is 0 Å². The highest BCUT2D eigenvalue weighted by atomic mass is 35.5. The van der Waals surface area contributed by atoms with Gasteiger partial charge in [0.25, 0.3) is 5.91 Å². The average molecular weight is 355 g/mol. The molecule has 128 valence electrons. The van der Waals surface area contributed by atoms with Crippen LogP contribution in [-0.2, 0) is 7.05 Å². The Bertz CT molecular complexity index is 936. The molecule has 25 heavy (non-hydrogen) atoms. The molecule has 1 aliphatic heterocycles. The third kappa shape index (κ3) is 3.12. The van der Waals surface area contributed by atoms with Crippen LogP contribution in [0.4, 0.5) is 0 Å². The van der Waals surface area contributed by atoms with Crippen molar-refractivity contribution >= 4 is 28.3 Å². The Morgan fingerprint density at radius 3 is 2.84 bits per heavy atom. The molecular formula is C19H19ClN4O. The van der Waals surface area contributed by atoms with E-state index in [-0.39, 0.29) is 11.8 Å². The maximum atomic E-state index is 12.8. The van der Waals surface area contributed by atoms with E-state index in [1.807, 2.05) is 23.2 Å². The van der Waals surface area contributed by atoms with Crippen LogP contribution < -0.4 is 0 Å². The quantitative estimate of drug-likeness (QED) is 0.706. The summed E-state index contributed by atoms with van der Waals surface area (Å²) in [7, 11) is 1.76. The van der Waals surface area contributed by atoms with Crippen molar-refractivity contribution in [2.75, 3.05) is 13.1 Å². The lowest BCUT2D eigenvalue weighted by Crippen LogP contribution is -2.39. The number of aryl methyl sites for hydroxylation is 1. The molecule has 0 unspecified atom stereocenters. The number of likely N-dealkylation sites (tertiary alicyclic amines) is 1. The van der Waals surface area contributed by atoms with E-state index in [4.69, 9.17) is 11.6 Å². The molecule has 0 N–H and O–H groups in total. The van der Waals surface area contributed by atoms with Gasteiger partial charge < -0.3 is 4.90 Å². The molecule has 6 heteroatoms. The minimum absolute atomic E-state index is 0.101. The molecule has 0 radical (unpaired) electrons. The van der Waals surface area contributed by atoms with Gasteiger partial charge in [-0.1, -0.05) is 35.9 Å². The van der Waals surface area contributed by atoms with E-state index >= 15 is 0 Å². The van der Waals surface area contributed by atoms with E-state index in [2.05, 4.69) is 28.3 Å². The number of rotatable bonds is 2. The van der Waals surface area contributed by atoms with Crippen molar-refractivity contribution in [2.45, 2.75) is 18.8 Å². The highest BCUT2D eigenvalue weighted by Gasteiger charge is 2.28. The van der Waals surface area contributed by atoms with Crippen LogP contribution in [0.5, 0.6) is 0 Å². The molecule has 0 aliphatic carbocycles. The van der Waals surface area contributed by atoms with Crippen LogP contribution in [0.1, 0.15) is 34.9 Å². The van der Waals surface area contributed by atoms with Gasteiger partial charge in [0.15, 0.2) is 5.69 Å². The molecule has 1 saturated heterocycles. The predicted molar refractivity (Wildman–Crippen MR) is 97.8 cm³/mol. The second-order valence-electron chi connectivity index (χ2n) is 6.55. The zero-order chi connectivity index (χ0) is 17.4. The average Bonchev–Trinajstić information content (AvgIpc) is 2.99. The first-order valence-corrected chi connectivity index (χ1v) is 8.83. The van der Waals surface area contributed by atoms with Gasteiger partial charge in [-0.3, -0.25) is 14.5 Å². The Kier molecular flexibility index (Phi) is 4.17. The van der Waals surface area contributed by atoms with Crippen LogP contribution in [0.25, 0.3) is 10.8 Å². The minimum atomic E-state index is -0.101. The fourth-order valence-corrected chi connectivity index (χ4v) is 3.74. The number of carbonyl (C=O) groups is 1. The van der Waals surface area contributed by atoms with E-state index < -0.39 is 0 Å². The van der Waals surface area contributed by atoms with Gasteiger partial charge in [0.2, 0.25) is 0 Å². The van der Waals surface area contributed by atoms with Gasteiger partial charge in [-0.15, -0.1) is 0 Å². The summed E-state index contributed by atoms with van der Waals surface area (Å²) in [5.41, 5.74) is 1.37. The van der Waals surface area contributed by atoms with Crippen LogP contribution in [0.2, 0.25) is 5.02 Å². The highest BCUT2D eigenvalue weighted by molar-refractivity contribution is 6.33. The first kappa shape index (κ1) is 16.1. The molecule has 1 fully saturated rings. The smallest absolute Gasteiger partial charge is 0.275 e. The first-order chi connectivity index (χ1) is 12.1. The van der Waals surface area contributed by atoms with Crippen molar-refractivity contribution in [3.05, 3.63) is 59.1 Å². The SMILES string of the molecule is Cn1cc(Cl)c(C(=O)N2CCC[C@@H](c3cc4ccccc4cn3)C2)n1. The molecule has 1 aromatic carbocycles. The van der Waals surface area contributed by atoms with Crippen molar-refractivity contribution in [3.63, 3.8) is 0 Å². The molecule has 3 heterocycles. The van der Waals surface area contributed by atoms with Crippen molar-refractivity contribution < 1.29 is 4.79 Å². The van der Waals surface area contributed by atoms with Crippen LogP contribution in [0, 0.1) is 0 Å². The second-order valence-corrected chi connectivity index (χ2v) is 6.95. The highest BCUT2D eigenvalue weighted by Crippen LogP contribution is 2.29. The fourth-order valence-electron chi connectivity index (χ4n) is 3.48. The number of piperidine rings is 1. The van der Waals surface area contributed by atoms with Gasteiger partial charge in [-0.25, -0.2) is 0 Å². The van der Waals surface area contributed by atoms with E-state index in [0.29, 0.717) is 17.3 Å². The lowest BCUT2D eigenvalue weighted by molar-refractivity contribution is 0.0699. The number of nitrogens with zero attached hydrogens (tertiary/aromatic N) is 4. The number of hydrogen-bond donors (Lipinski definition) is 0. The third-order valence-corrected chi connectivity index (χ3v) is 5.04. The number of hydrogen-bond acceptors (Lipinski definition) is 3. The fraction of sp³-hybridized carbons (Fsp3) is 0.316. The third-order valence-electron chi connectivity index (χ3n) is 4.77. The largest absolute Gasteiger partial charge is 0.337 e. The summed E-state index contributed by atoms with van der Waals surface area (Å²) in [4.78, 5) is 19.2. The van der Waals surface area contributed by atoms with Crippen molar-refractivity contribution in [3.8, 4) is 0 Å². The lowest BCUT2D eigenvalue weighted by atomic mass is 9.93. The molecule has 3 aromatic rings. The Balaban J connectivity index is 1.57. The summed E-state index contributed by atoms with van der Waals surface area (Å²) in [6, 6.07) is 10.3. The molecule has 5 nitrogen and oxygen atoms in total. The molecule has 1 atom stereocenters. The standard InChI is InChI=1S/C19H19ClN4O/c1-23-12-16(20)18(22-23)19(25)24-8-4-7-15(11-24)17-9-13-5-2-3-6-14(13)10-21-17/h2-3,5-6,9-10,12,15H,4,7-8,11H2,1H3/t15-/m1/s1. The van der Waals surface area contributed by atoms with Gasteiger partial charge in [-0.05, 0) is 24.3 Å². The lowest BCUT2D eigenvalue weighted by Gasteiger charge is -2.32. The normalized spacial score (nSPS) is 17.8. The minimum Gasteiger partial charge on any atom is -0.337 e. The summed E-state index contributed by atoms with van der Waals surface area (Å²) >= 11 is 6.13. The Hall–Kier alpha value is -2.40. The molecule has 0 spiro atoms. The maximum absolute atomic E-state index is 12.8. The van der Waals surface area contributed by atoms with E-state index in [0.717, 1.165) is 30.5 Å². The second kappa shape index (κ2) is 6.48. The number of benzene rings is 1. The summed E-state index contributed by atoms with van der Waals surface area (Å²) in [6.45, 7) is 1.38. The predicted octanol–water partition coefficient (Wildman–Crippen LogP) is 3.64. The van der Waals surface area contributed by atoms with Crippen LogP contribution in [0.15, 0.2) is 42.7 Å². The van der Waals surface area contributed by atoms with Gasteiger partial charge in [0.1, 0.15) is 0 Å². The number of amides is 1. The van der Waals surface area contributed by atoms with E-state index in [1.54, 1.807) is 17.9 Å². The topological polar surface area (TPSA) is 51.0 Å². The number of halogens is 1. The number of fused-ring (bicyclic) bond motifs is 1. The number of pyridine rings is 1. The Labute approximate surface area is 151 Å². The van der Waals surface area contributed by atoms with E-state index in [9.17, 15) is 4.79 Å². The molecule has 0 saturated carbocycles. The molecule has 4 rings (SSSR count). The number of carbonyl (C=O) groups excluding carboxylic acids is 1. The van der Waals surface area contributed by atoms with Crippen molar-refractivity contribution in [1.82, 2.24) is 19.7 Å². The summed E-state index contributed by atoms with van der Waals surface area (Å²) in [6.07, 6.45) is 5.56. The molecule has 2 aromatic heterocycles. The Morgan fingerprint density at radius 2 is 2.08 bits per heavy atom. The van der Waals surface area contributed by atoms with Gasteiger partial charge in [0, 0.05) is 49.5 Å². The summed E-state index contributed by atoms with van der Waals surface area (Å²) in [5.74, 6) is 0.140. The molecule has 1 aliphatic rings. The van der Waals surface area contributed by atoms with E-state index in [1.165, 1.54) is 5.39 Å². The van der Waals surface area contributed by atoms with Crippen LogP contribution >= 0.6 is 11.6 Å². The molecule has 1 amide bonds. The molecule has 0 bridgehead atoms. The van der Waals surface area contributed by atoms with Crippen molar-refractivity contribution in [2.24, 2.45) is 7.05 Å². The van der Waals surface area contributed by atoms with Crippen molar-refractivity contribution in [1.29, 1.82) is 0 Å².